The highest BCUT2D eigenvalue weighted by atomic mass is 16.4. The molecule has 226 valence electrons. The van der Waals surface area contributed by atoms with Crippen molar-refractivity contribution in [1.82, 2.24) is 19.9 Å². The lowest BCUT2D eigenvalue weighted by Gasteiger charge is -2.07. The lowest BCUT2D eigenvalue weighted by Crippen LogP contribution is -2.32. The second-order valence-corrected chi connectivity index (χ2v) is 8.49. The number of rotatable bonds is 11. The van der Waals surface area contributed by atoms with E-state index in [1.165, 1.54) is 18.6 Å². The number of carboxylic acid groups (broad SMARTS) is 3. The number of nitrogens with two attached hydrogens (primary N) is 5. The summed E-state index contributed by atoms with van der Waals surface area (Å²) >= 11 is 0. The summed E-state index contributed by atoms with van der Waals surface area (Å²) in [4.78, 5) is 65.4. The van der Waals surface area contributed by atoms with Crippen LogP contribution < -0.4 is 39.9 Å². The molecule has 0 amide bonds. The minimum Gasteiger partial charge on any atom is -0.480 e. The third-order valence-electron chi connectivity index (χ3n) is 4.33. The van der Waals surface area contributed by atoms with Crippen molar-refractivity contribution >= 4 is 23.9 Å². The average molecular weight is 573 g/mol. The van der Waals surface area contributed by atoms with Crippen molar-refractivity contribution in [2.75, 3.05) is 6.54 Å². The van der Waals surface area contributed by atoms with E-state index >= 15 is 0 Å². The van der Waals surface area contributed by atoms with Crippen LogP contribution in [0.15, 0.2) is 39.4 Å². The Hall–Kier alpha value is -4.55. The molecular weight excluding hydrogens is 532 g/mol. The first-order valence-corrected chi connectivity index (χ1v) is 11.8. The maximum atomic E-state index is 10.3. The summed E-state index contributed by atoms with van der Waals surface area (Å²) in [7, 11) is 0. The standard InChI is InChI=1S/C6H14N4O2.C6H9N3O2.C6H13NO2.C4H4N2O2/c7-4(5(11)12)2-1-3-10-6(8)9;7-5(6(10)11)1-4-2-8-3-9-4;1-4(2)3-5(7)6(8)9;7-3-1-2-5-4(8)6-3/h4H,1-3,7H2,(H,11,12)(H4,8,9,10);2-3,5H,1,7H2,(H,8,9)(H,10,11);4-5H,3,7H2,1-2H3,(H,8,9);1-2H,(H2,5,6,7,8)/t4-;2*5-;/m000./s1. The number of aromatic amines is 3. The first kappa shape index (κ1) is 37.6. The van der Waals surface area contributed by atoms with E-state index in [1.54, 1.807) is 6.20 Å². The highest BCUT2D eigenvalue weighted by Crippen LogP contribution is 2.01. The molecule has 0 saturated carbocycles. The zero-order valence-electron chi connectivity index (χ0n) is 22.3. The van der Waals surface area contributed by atoms with Crippen LogP contribution in [0.2, 0.25) is 0 Å². The Bertz CT molecular complexity index is 1100. The Labute approximate surface area is 229 Å². The molecule has 3 atom stereocenters. The van der Waals surface area contributed by atoms with E-state index in [0.29, 0.717) is 31.7 Å². The molecule has 0 unspecified atom stereocenters. The largest absolute Gasteiger partial charge is 0.480 e. The summed E-state index contributed by atoms with van der Waals surface area (Å²) in [6, 6.07) is -1.12. The minimum atomic E-state index is -1.00. The van der Waals surface area contributed by atoms with Gasteiger partial charge in [0.05, 0.1) is 6.33 Å². The third-order valence-corrected chi connectivity index (χ3v) is 4.33. The minimum absolute atomic E-state index is 0.0129. The Morgan fingerprint density at radius 1 is 0.950 bits per heavy atom. The fraction of sp³-hybridized carbons (Fsp3) is 0.500. The molecule has 0 bridgehead atoms. The van der Waals surface area contributed by atoms with E-state index in [0.717, 1.165) is 5.69 Å². The molecular formula is C22H40N10O8. The van der Waals surface area contributed by atoms with Crippen molar-refractivity contribution in [3.05, 3.63) is 51.3 Å². The van der Waals surface area contributed by atoms with Crippen LogP contribution in [0.4, 0.5) is 0 Å². The van der Waals surface area contributed by atoms with Crippen molar-refractivity contribution in [2.45, 2.75) is 57.7 Å². The molecule has 18 nitrogen and oxygen atoms in total. The SMILES string of the molecule is CC(C)C[C@H](N)C(=O)O.NC(N)=NCCC[C@H](N)C(=O)O.N[C@@H](Cc1cnc[nH]1)C(=O)O.O=c1cc[nH]c(=O)[nH]1. The van der Waals surface area contributed by atoms with Crippen molar-refractivity contribution < 1.29 is 29.7 Å². The Kier molecular flexibility index (Phi) is 20.1. The van der Waals surface area contributed by atoms with E-state index < -0.39 is 41.7 Å². The number of hydrogen-bond acceptors (Lipinski definition) is 10. The Morgan fingerprint density at radius 2 is 1.52 bits per heavy atom. The van der Waals surface area contributed by atoms with Gasteiger partial charge < -0.3 is 54.0 Å². The van der Waals surface area contributed by atoms with Crippen LogP contribution in [-0.2, 0) is 20.8 Å². The van der Waals surface area contributed by atoms with E-state index in [1.807, 2.05) is 18.8 Å². The van der Waals surface area contributed by atoms with Crippen molar-refractivity contribution in [2.24, 2.45) is 39.6 Å². The molecule has 0 aliphatic heterocycles. The molecule has 18 heteroatoms. The van der Waals surface area contributed by atoms with Crippen LogP contribution in [0, 0.1) is 5.92 Å². The van der Waals surface area contributed by atoms with Crippen LogP contribution in [0.3, 0.4) is 0 Å². The summed E-state index contributed by atoms with van der Waals surface area (Å²) in [6.07, 6.45) is 6.13. The first-order valence-electron chi connectivity index (χ1n) is 11.8. The van der Waals surface area contributed by atoms with E-state index in [9.17, 15) is 24.0 Å². The lowest BCUT2D eigenvalue weighted by molar-refractivity contribution is -0.139. The number of aromatic nitrogens is 4. The second-order valence-electron chi connectivity index (χ2n) is 8.49. The first-order chi connectivity index (χ1) is 18.6. The second kappa shape index (κ2) is 21.4. The monoisotopic (exact) mass is 572 g/mol. The molecule has 0 aliphatic rings. The van der Waals surface area contributed by atoms with E-state index in [2.05, 4.69) is 19.9 Å². The summed E-state index contributed by atoms with van der Waals surface area (Å²) in [5.74, 6) is -2.54. The van der Waals surface area contributed by atoms with Crippen LogP contribution >= 0.6 is 0 Å². The van der Waals surface area contributed by atoms with Gasteiger partial charge >= 0.3 is 23.6 Å². The Balaban J connectivity index is 0. The topological polar surface area (TPSA) is 349 Å². The van der Waals surface area contributed by atoms with Gasteiger partial charge in [-0.1, -0.05) is 13.8 Å². The third kappa shape index (κ3) is 22.6. The molecule has 0 radical (unpaired) electrons. The van der Waals surface area contributed by atoms with Gasteiger partial charge in [0.1, 0.15) is 18.1 Å². The van der Waals surface area contributed by atoms with Crippen LogP contribution in [-0.4, -0.2) is 83.8 Å². The summed E-state index contributed by atoms with van der Waals surface area (Å²) in [5, 5.41) is 25.1. The van der Waals surface area contributed by atoms with E-state index in [-0.39, 0.29) is 17.9 Å². The quantitative estimate of drug-likeness (QED) is 0.0742. The van der Waals surface area contributed by atoms with Crippen LogP contribution in [0.5, 0.6) is 0 Å². The number of carboxylic acids is 3. The predicted octanol–water partition coefficient (Wildman–Crippen LogP) is -2.68. The predicted molar refractivity (Wildman–Crippen MR) is 146 cm³/mol. The smallest absolute Gasteiger partial charge is 0.325 e. The number of H-pyrrole nitrogens is 3. The van der Waals surface area contributed by atoms with Gasteiger partial charge in [-0.05, 0) is 25.2 Å². The molecule has 40 heavy (non-hydrogen) atoms. The van der Waals surface area contributed by atoms with Gasteiger partial charge in [0.15, 0.2) is 5.96 Å². The highest BCUT2D eigenvalue weighted by molar-refractivity contribution is 5.75. The lowest BCUT2D eigenvalue weighted by atomic mass is 10.1. The zero-order valence-corrected chi connectivity index (χ0v) is 22.3. The molecule has 0 spiro atoms. The molecule has 16 N–H and O–H groups in total. The normalized spacial score (nSPS) is 12.1. The summed E-state index contributed by atoms with van der Waals surface area (Å²) < 4.78 is 0. The van der Waals surface area contributed by atoms with Crippen molar-refractivity contribution in [1.29, 1.82) is 0 Å². The fourth-order valence-electron chi connectivity index (χ4n) is 2.35. The van der Waals surface area contributed by atoms with Crippen molar-refractivity contribution in [3.63, 3.8) is 0 Å². The number of aliphatic carboxylic acids is 3. The number of imidazole rings is 1. The number of aliphatic imine (C=N–C) groups is 1. The molecule has 0 aromatic carbocycles. The fourth-order valence-corrected chi connectivity index (χ4v) is 2.35. The molecule has 0 fully saturated rings. The maximum Gasteiger partial charge on any atom is 0.325 e. The summed E-state index contributed by atoms with van der Waals surface area (Å²) in [5.41, 5.74) is 25.7. The van der Waals surface area contributed by atoms with E-state index in [4.69, 9.17) is 44.0 Å². The molecule has 2 rings (SSSR count). The molecule has 2 heterocycles. The van der Waals surface area contributed by atoms with Crippen molar-refractivity contribution in [3.8, 4) is 0 Å². The number of carbonyl (C=O) groups is 3. The number of guanidine groups is 1. The summed E-state index contributed by atoms with van der Waals surface area (Å²) in [6.45, 7) is 4.31. The van der Waals surface area contributed by atoms with Gasteiger partial charge in [0, 0.05) is 37.1 Å². The zero-order chi connectivity index (χ0) is 31.3. The number of nitrogens with zero attached hydrogens (tertiary/aromatic N) is 2. The molecule has 2 aromatic rings. The van der Waals surface area contributed by atoms with Gasteiger partial charge in [-0.3, -0.25) is 29.2 Å². The van der Waals surface area contributed by atoms with Gasteiger partial charge in [0.25, 0.3) is 5.56 Å². The number of hydrogen-bond donors (Lipinski definition) is 11. The van der Waals surface area contributed by atoms with Gasteiger partial charge in [-0.25, -0.2) is 9.78 Å². The number of nitrogens with one attached hydrogen (secondary N) is 3. The molecule has 2 aromatic heterocycles. The molecule has 0 saturated heterocycles. The average Bonchev–Trinajstić information content (AvgIpc) is 3.35. The van der Waals surface area contributed by atoms with Crippen LogP contribution in [0.1, 0.15) is 38.8 Å². The van der Waals surface area contributed by atoms with Gasteiger partial charge in [-0.2, -0.15) is 0 Å². The van der Waals surface area contributed by atoms with Gasteiger partial charge in [0.2, 0.25) is 0 Å². The Morgan fingerprint density at radius 3 is 1.88 bits per heavy atom. The van der Waals surface area contributed by atoms with Crippen LogP contribution in [0.25, 0.3) is 0 Å². The maximum absolute atomic E-state index is 10.3. The highest BCUT2D eigenvalue weighted by Gasteiger charge is 2.13. The van der Waals surface area contributed by atoms with Gasteiger partial charge in [-0.15, -0.1) is 0 Å². The molecule has 0 aliphatic carbocycles.